The number of pyridine rings is 1. The van der Waals surface area contributed by atoms with E-state index in [0.717, 1.165) is 11.3 Å². The van der Waals surface area contributed by atoms with Gasteiger partial charge >= 0.3 is 16.2 Å². The summed E-state index contributed by atoms with van der Waals surface area (Å²) >= 11 is 0.846. The Morgan fingerprint density at radius 3 is 2.17 bits per heavy atom. The number of carbonyl (C=O) groups is 1. The highest BCUT2D eigenvalue weighted by Gasteiger charge is 2.29. The first-order chi connectivity index (χ1) is 13.9. The predicted molar refractivity (Wildman–Crippen MR) is 111 cm³/mol. The average Bonchev–Trinajstić information content (AvgIpc) is 3.09. The summed E-state index contributed by atoms with van der Waals surface area (Å²) in [6, 6.07) is 20.6. The summed E-state index contributed by atoms with van der Waals surface area (Å²) in [7, 11) is -4.48. The molecule has 0 atom stereocenters. The molecule has 2 N–H and O–H groups in total. The van der Waals surface area contributed by atoms with Crippen LogP contribution in [0.1, 0.15) is 0 Å². The van der Waals surface area contributed by atoms with E-state index in [1.807, 2.05) is 6.07 Å². The van der Waals surface area contributed by atoms with Gasteiger partial charge in [0.1, 0.15) is 4.83 Å². The Morgan fingerprint density at radius 1 is 0.931 bits per heavy atom. The lowest BCUT2D eigenvalue weighted by atomic mass is 10.1. The largest absolute Gasteiger partial charge is 0.420 e. The fraction of sp³-hybridized carbons (Fsp3) is 0. The SMILES string of the molecule is NC(=O)OS(=O)(=O)c1sc2c(ccc(=O)n2-c2ccccc2)c1-c1ccccc1. The zero-order chi connectivity index (χ0) is 20.6. The van der Waals surface area contributed by atoms with Crippen LogP contribution in [-0.4, -0.2) is 19.1 Å². The third-order valence-corrected chi connectivity index (χ3v) is 7.09. The number of amides is 1. The fourth-order valence-electron chi connectivity index (χ4n) is 3.08. The van der Waals surface area contributed by atoms with Gasteiger partial charge < -0.3 is 9.92 Å². The molecule has 0 spiro atoms. The summed E-state index contributed by atoms with van der Waals surface area (Å²) in [6.07, 6.45) is -1.43. The molecule has 0 bridgehead atoms. The first-order valence-electron chi connectivity index (χ1n) is 8.42. The molecule has 0 saturated heterocycles. The summed E-state index contributed by atoms with van der Waals surface area (Å²) in [5.41, 5.74) is 6.17. The van der Waals surface area contributed by atoms with Crippen molar-refractivity contribution < 1.29 is 17.4 Å². The van der Waals surface area contributed by atoms with Gasteiger partial charge in [0.2, 0.25) is 0 Å². The number of hydrogen-bond acceptors (Lipinski definition) is 6. The van der Waals surface area contributed by atoms with Gasteiger partial charge in [-0.2, -0.15) is 8.42 Å². The van der Waals surface area contributed by atoms with Crippen molar-refractivity contribution in [3.8, 4) is 16.8 Å². The molecule has 9 heteroatoms. The van der Waals surface area contributed by atoms with Gasteiger partial charge in [-0.1, -0.05) is 48.5 Å². The van der Waals surface area contributed by atoms with Crippen molar-refractivity contribution in [3.63, 3.8) is 0 Å². The number of thiophene rings is 1. The number of rotatable bonds is 4. The summed E-state index contributed by atoms with van der Waals surface area (Å²) in [5, 5.41) is 0.538. The van der Waals surface area contributed by atoms with Crippen LogP contribution in [0, 0.1) is 0 Å². The number of carbonyl (C=O) groups excluding carboxylic acids is 1. The van der Waals surface area contributed by atoms with E-state index in [9.17, 15) is 18.0 Å². The Hall–Kier alpha value is -3.43. The zero-order valence-corrected chi connectivity index (χ0v) is 16.4. The number of hydrogen-bond donors (Lipinski definition) is 1. The maximum atomic E-state index is 12.7. The van der Waals surface area contributed by atoms with Crippen molar-refractivity contribution in [3.05, 3.63) is 83.2 Å². The third-order valence-electron chi connectivity index (χ3n) is 4.21. The van der Waals surface area contributed by atoms with E-state index in [0.29, 0.717) is 27.0 Å². The second-order valence-electron chi connectivity index (χ2n) is 6.05. The topological polar surface area (TPSA) is 108 Å². The van der Waals surface area contributed by atoms with Gasteiger partial charge in [-0.3, -0.25) is 9.36 Å². The molecule has 2 aromatic heterocycles. The van der Waals surface area contributed by atoms with Crippen molar-refractivity contribution in [1.82, 2.24) is 4.57 Å². The van der Waals surface area contributed by atoms with Crippen LogP contribution in [0.2, 0.25) is 0 Å². The molecule has 146 valence electrons. The molecule has 0 aliphatic carbocycles. The van der Waals surface area contributed by atoms with E-state index in [4.69, 9.17) is 5.73 Å². The number of nitrogens with zero attached hydrogens (tertiary/aromatic N) is 1. The summed E-state index contributed by atoms with van der Waals surface area (Å²) in [6.45, 7) is 0. The van der Waals surface area contributed by atoms with Gasteiger partial charge in [0.15, 0.2) is 4.21 Å². The molecule has 0 saturated carbocycles. The first-order valence-corrected chi connectivity index (χ1v) is 10.6. The smallest absolute Gasteiger partial charge is 0.334 e. The molecule has 0 aliphatic rings. The molecule has 0 radical (unpaired) electrons. The van der Waals surface area contributed by atoms with E-state index in [1.165, 1.54) is 10.6 Å². The number of benzene rings is 2. The molecule has 29 heavy (non-hydrogen) atoms. The fourth-order valence-corrected chi connectivity index (χ4v) is 5.67. The molecule has 1 amide bonds. The quantitative estimate of drug-likeness (QED) is 0.503. The van der Waals surface area contributed by atoms with Crippen molar-refractivity contribution in [2.75, 3.05) is 0 Å². The van der Waals surface area contributed by atoms with Crippen LogP contribution in [0.15, 0.2) is 81.8 Å². The van der Waals surface area contributed by atoms with Crippen LogP contribution in [0.3, 0.4) is 0 Å². The Balaban J connectivity index is 2.13. The highest BCUT2D eigenvalue weighted by atomic mass is 32.3. The minimum atomic E-state index is -4.48. The van der Waals surface area contributed by atoms with E-state index >= 15 is 0 Å². The summed E-state index contributed by atoms with van der Waals surface area (Å²) in [4.78, 5) is 24.2. The number of aromatic nitrogens is 1. The van der Waals surface area contributed by atoms with E-state index < -0.39 is 16.2 Å². The van der Waals surface area contributed by atoms with Crippen molar-refractivity contribution in [2.24, 2.45) is 5.73 Å². The number of para-hydroxylation sites is 1. The molecule has 2 aromatic carbocycles. The molecular weight excluding hydrogens is 412 g/mol. The van der Waals surface area contributed by atoms with E-state index in [2.05, 4.69) is 4.18 Å². The second kappa shape index (κ2) is 7.19. The number of fused-ring (bicyclic) bond motifs is 1. The number of primary amides is 1. The maximum absolute atomic E-state index is 12.7. The lowest BCUT2D eigenvalue weighted by Gasteiger charge is -2.07. The van der Waals surface area contributed by atoms with Crippen molar-refractivity contribution in [1.29, 1.82) is 0 Å². The van der Waals surface area contributed by atoms with Crippen LogP contribution in [-0.2, 0) is 14.3 Å². The normalized spacial score (nSPS) is 11.4. The molecule has 2 heterocycles. The highest BCUT2D eigenvalue weighted by Crippen LogP contribution is 2.42. The van der Waals surface area contributed by atoms with E-state index in [-0.39, 0.29) is 9.77 Å². The second-order valence-corrected chi connectivity index (χ2v) is 8.79. The standard InChI is InChI=1S/C20H14N2O5S2/c21-20(24)27-29(25,26)19-17(13-7-3-1-4-8-13)15-11-12-16(23)22(18(15)28-19)14-9-5-2-6-10-14/h1-12H,(H2,21,24). The van der Waals surface area contributed by atoms with Crippen LogP contribution < -0.4 is 11.3 Å². The van der Waals surface area contributed by atoms with Crippen LogP contribution in [0.5, 0.6) is 0 Å². The number of nitrogens with two attached hydrogens (primary N) is 1. The highest BCUT2D eigenvalue weighted by molar-refractivity contribution is 7.89. The Morgan fingerprint density at radius 2 is 1.55 bits per heavy atom. The Kier molecular flexibility index (Phi) is 4.69. The van der Waals surface area contributed by atoms with Crippen molar-refractivity contribution >= 4 is 37.8 Å². The molecular formula is C20H14N2O5S2. The summed E-state index contributed by atoms with van der Waals surface area (Å²) in [5.74, 6) is 0. The lowest BCUT2D eigenvalue weighted by Crippen LogP contribution is -2.18. The van der Waals surface area contributed by atoms with E-state index in [1.54, 1.807) is 60.7 Å². The van der Waals surface area contributed by atoms with Gasteiger partial charge in [0.05, 0.1) is 5.69 Å². The maximum Gasteiger partial charge on any atom is 0.420 e. The monoisotopic (exact) mass is 426 g/mol. The minimum absolute atomic E-state index is 0.201. The van der Waals surface area contributed by atoms with Gasteiger partial charge in [-0.25, -0.2) is 4.79 Å². The van der Waals surface area contributed by atoms with Crippen molar-refractivity contribution in [2.45, 2.75) is 4.21 Å². The molecule has 4 rings (SSSR count). The van der Waals surface area contributed by atoms with Gasteiger partial charge in [-0.05, 0) is 23.8 Å². The predicted octanol–water partition coefficient (Wildman–Crippen LogP) is 3.50. The Labute approximate surface area is 169 Å². The molecule has 0 unspecified atom stereocenters. The van der Waals surface area contributed by atoms with Crippen LogP contribution in [0.4, 0.5) is 4.79 Å². The third kappa shape index (κ3) is 3.41. The Bertz CT molecular complexity index is 1380. The first kappa shape index (κ1) is 18.9. The molecule has 0 fully saturated rings. The van der Waals surface area contributed by atoms with Crippen LogP contribution >= 0.6 is 11.3 Å². The lowest BCUT2D eigenvalue weighted by molar-refractivity contribution is 0.213. The van der Waals surface area contributed by atoms with Gasteiger partial charge in [-0.15, -0.1) is 11.3 Å². The average molecular weight is 426 g/mol. The van der Waals surface area contributed by atoms with Gasteiger partial charge in [0, 0.05) is 17.0 Å². The minimum Gasteiger partial charge on any atom is -0.334 e. The molecule has 7 nitrogen and oxygen atoms in total. The zero-order valence-electron chi connectivity index (χ0n) is 14.8. The summed E-state index contributed by atoms with van der Waals surface area (Å²) < 4.78 is 31.1. The molecule has 0 aliphatic heterocycles. The van der Waals surface area contributed by atoms with Crippen LogP contribution in [0.25, 0.3) is 27.0 Å². The van der Waals surface area contributed by atoms with Gasteiger partial charge in [0.25, 0.3) is 5.56 Å². The molecule has 4 aromatic rings.